The molecule has 4 heteroatoms. The highest BCUT2D eigenvalue weighted by Crippen LogP contribution is 2.18. The Morgan fingerprint density at radius 1 is 1.43 bits per heavy atom. The van der Waals surface area contributed by atoms with Gasteiger partial charge in [-0.25, -0.2) is 0 Å². The third-order valence-electron chi connectivity index (χ3n) is 2.79. The minimum Gasteiger partial charge on any atom is -0.314 e. The van der Waals surface area contributed by atoms with Gasteiger partial charge >= 0.3 is 0 Å². The van der Waals surface area contributed by atoms with Crippen LogP contribution in [0.25, 0.3) is 0 Å². The van der Waals surface area contributed by atoms with Crippen LogP contribution in [0.15, 0.2) is 0 Å². The first-order chi connectivity index (χ1) is 6.83. The quantitative estimate of drug-likeness (QED) is 0.788. The highest BCUT2D eigenvalue weighted by molar-refractivity contribution is 5.02. The van der Waals surface area contributed by atoms with Crippen LogP contribution >= 0.6 is 0 Å². The van der Waals surface area contributed by atoms with Gasteiger partial charge in [-0.2, -0.15) is 0 Å². The molecule has 1 aromatic rings. The Balaban J connectivity index is 2.21. The molecule has 0 saturated heterocycles. The number of aromatic nitrogens is 3. The Hall–Kier alpha value is -0.900. The van der Waals surface area contributed by atoms with E-state index in [0.717, 1.165) is 31.2 Å². The molecule has 0 radical (unpaired) electrons. The third-order valence-corrected chi connectivity index (χ3v) is 2.79. The number of nitrogens with zero attached hydrogens (tertiary/aromatic N) is 3. The van der Waals surface area contributed by atoms with Crippen LogP contribution in [0.4, 0.5) is 0 Å². The van der Waals surface area contributed by atoms with Gasteiger partial charge in [0.2, 0.25) is 0 Å². The van der Waals surface area contributed by atoms with Crippen molar-refractivity contribution >= 4 is 0 Å². The van der Waals surface area contributed by atoms with E-state index in [9.17, 15) is 0 Å². The van der Waals surface area contributed by atoms with Crippen LogP contribution in [0.1, 0.15) is 44.4 Å². The van der Waals surface area contributed by atoms with Crippen LogP contribution in [0, 0.1) is 0 Å². The van der Waals surface area contributed by atoms with Gasteiger partial charge in [-0.3, -0.25) is 0 Å². The van der Waals surface area contributed by atoms with E-state index in [1.807, 2.05) is 0 Å². The molecule has 0 bridgehead atoms. The van der Waals surface area contributed by atoms with Crippen LogP contribution < -0.4 is 5.32 Å². The molecular weight excluding hydrogens is 176 g/mol. The zero-order valence-corrected chi connectivity index (χ0v) is 8.95. The molecule has 1 aromatic heterocycles. The highest BCUT2D eigenvalue weighted by Gasteiger charge is 2.18. The summed E-state index contributed by atoms with van der Waals surface area (Å²) in [5, 5.41) is 11.9. The molecule has 1 atom stereocenters. The van der Waals surface area contributed by atoms with Crippen molar-refractivity contribution in [2.24, 2.45) is 0 Å². The van der Waals surface area contributed by atoms with Gasteiger partial charge in [0, 0.05) is 13.0 Å². The van der Waals surface area contributed by atoms with Gasteiger partial charge in [-0.1, -0.05) is 6.92 Å². The molecule has 0 amide bonds. The van der Waals surface area contributed by atoms with Crippen molar-refractivity contribution in [3.63, 3.8) is 0 Å². The minimum absolute atomic E-state index is 0.319. The van der Waals surface area contributed by atoms with Crippen LogP contribution in [-0.2, 0) is 13.0 Å². The fourth-order valence-electron chi connectivity index (χ4n) is 2.05. The van der Waals surface area contributed by atoms with E-state index in [1.54, 1.807) is 0 Å². The lowest BCUT2D eigenvalue weighted by molar-refractivity contribution is 0.471. The molecule has 2 rings (SSSR count). The molecule has 78 valence electrons. The van der Waals surface area contributed by atoms with Crippen LogP contribution in [0.2, 0.25) is 0 Å². The molecule has 2 heterocycles. The summed E-state index contributed by atoms with van der Waals surface area (Å²) >= 11 is 0. The zero-order chi connectivity index (χ0) is 9.97. The summed E-state index contributed by atoms with van der Waals surface area (Å²) in [5.74, 6) is 2.26. The monoisotopic (exact) mass is 194 g/mol. The lowest BCUT2D eigenvalue weighted by atomic mass is 10.1. The van der Waals surface area contributed by atoms with Gasteiger partial charge in [0.15, 0.2) is 0 Å². The van der Waals surface area contributed by atoms with Gasteiger partial charge < -0.3 is 9.88 Å². The third kappa shape index (κ3) is 1.66. The molecule has 4 nitrogen and oxygen atoms in total. The first kappa shape index (κ1) is 9.65. The second-order valence-electron chi connectivity index (χ2n) is 3.86. The Bertz CT molecular complexity index is 305. The number of hydrogen-bond acceptors (Lipinski definition) is 3. The van der Waals surface area contributed by atoms with E-state index in [1.165, 1.54) is 12.8 Å². The van der Waals surface area contributed by atoms with Crippen molar-refractivity contribution in [3.05, 3.63) is 11.6 Å². The van der Waals surface area contributed by atoms with Crippen molar-refractivity contribution in [2.75, 3.05) is 6.54 Å². The number of hydrogen-bond donors (Lipinski definition) is 1. The van der Waals surface area contributed by atoms with Gasteiger partial charge in [-0.15, -0.1) is 10.2 Å². The Kier molecular flexibility index (Phi) is 2.82. The smallest absolute Gasteiger partial charge is 0.149 e. The van der Waals surface area contributed by atoms with E-state index >= 15 is 0 Å². The zero-order valence-electron chi connectivity index (χ0n) is 8.95. The highest BCUT2D eigenvalue weighted by atomic mass is 15.3. The molecule has 1 N–H and O–H groups in total. The minimum atomic E-state index is 0.319. The van der Waals surface area contributed by atoms with Gasteiger partial charge in [0.05, 0.1) is 6.04 Å². The maximum atomic E-state index is 4.27. The second kappa shape index (κ2) is 4.09. The van der Waals surface area contributed by atoms with Crippen LogP contribution in [0.5, 0.6) is 0 Å². The molecule has 0 spiro atoms. The molecule has 0 aliphatic carbocycles. The van der Waals surface area contributed by atoms with E-state index in [0.29, 0.717) is 6.04 Å². The largest absolute Gasteiger partial charge is 0.314 e. The lowest BCUT2D eigenvalue weighted by Gasteiger charge is -2.18. The first-order valence-corrected chi connectivity index (χ1v) is 5.48. The predicted octanol–water partition coefficient (Wildman–Crippen LogP) is 1.28. The molecule has 1 unspecified atom stereocenters. The van der Waals surface area contributed by atoms with Gasteiger partial charge in [0.1, 0.15) is 11.6 Å². The predicted molar refractivity (Wildman–Crippen MR) is 55.1 cm³/mol. The van der Waals surface area contributed by atoms with Crippen molar-refractivity contribution in [1.82, 2.24) is 20.1 Å². The van der Waals surface area contributed by atoms with Crippen molar-refractivity contribution < 1.29 is 0 Å². The maximum Gasteiger partial charge on any atom is 0.149 e. The van der Waals surface area contributed by atoms with Gasteiger partial charge in [-0.05, 0) is 26.3 Å². The average Bonchev–Trinajstić information content (AvgIpc) is 2.61. The lowest BCUT2D eigenvalue weighted by Crippen LogP contribution is -2.23. The SMILES string of the molecule is CCNC(C)c1nnc2n1CCCC2. The first-order valence-electron chi connectivity index (χ1n) is 5.48. The summed E-state index contributed by atoms with van der Waals surface area (Å²) in [6.45, 7) is 6.33. The van der Waals surface area contributed by atoms with Crippen LogP contribution in [-0.4, -0.2) is 21.3 Å². The molecule has 0 fully saturated rings. The fourth-order valence-corrected chi connectivity index (χ4v) is 2.05. The summed E-state index contributed by atoms with van der Waals surface area (Å²) in [5.41, 5.74) is 0. The molecule has 0 saturated carbocycles. The second-order valence-corrected chi connectivity index (χ2v) is 3.86. The normalized spacial score (nSPS) is 17.9. The number of fused-ring (bicyclic) bond motifs is 1. The van der Waals surface area contributed by atoms with Crippen LogP contribution in [0.3, 0.4) is 0 Å². The summed E-state index contributed by atoms with van der Waals surface area (Å²) in [4.78, 5) is 0. The maximum absolute atomic E-state index is 4.27. The van der Waals surface area contributed by atoms with E-state index in [4.69, 9.17) is 0 Å². The number of rotatable bonds is 3. The Labute approximate surface area is 84.7 Å². The summed E-state index contributed by atoms with van der Waals surface area (Å²) in [6, 6.07) is 0.319. The molecule has 1 aliphatic heterocycles. The van der Waals surface area contributed by atoms with Gasteiger partial charge in [0.25, 0.3) is 0 Å². The van der Waals surface area contributed by atoms with E-state index in [-0.39, 0.29) is 0 Å². The fraction of sp³-hybridized carbons (Fsp3) is 0.800. The molecular formula is C10H18N4. The van der Waals surface area contributed by atoms with E-state index < -0.39 is 0 Å². The van der Waals surface area contributed by atoms with Crippen molar-refractivity contribution in [1.29, 1.82) is 0 Å². The Morgan fingerprint density at radius 2 is 2.29 bits per heavy atom. The number of aryl methyl sites for hydroxylation is 1. The molecule has 14 heavy (non-hydrogen) atoms. The summed E-state index contributed by atoms with van der Waals surface area (Å²) in [7, 11) is 0. The molecule has 1 aliphatic rings. The standard InChI is InChI=1S/C10H18N4/c1-3-11-8(2)10-13-12-9-6-4-5-7-14(9)10/h8,11H,3-7H2,1-2H3. The summed E-state index contributed by atoms with van der Waals surface area (Å²) in [6.07, 6.45) is 3.61. The summed E-state index contributed by atoms with van der Waals surface area (Å²) < 4.78 is 2.27. The molecule has 0 aromatic carbocycles. The topological polar surface area (TPSA) is 42.7 Å². The number of nitrogens with one attached hydrogen (secondary N) is 1. The van der Waals surface area contributed by atoms with E-state index in [2.05, 4.69) is 33.9 Å². The Morgan fingerprint density at radius 3 is 3.07 bits per heavy atom. The average molecular weight is 194 g/mol. The van der Waals surface area contributed by atoms with Crippen molar-refractivity contribution in [2.45, 2.75) is 45.7 Å². The van der Waals surface area contributed by atoms with Crippen molar-refractivity contribution in [3.8, 4) is 0 Å².